The molecule has 1 amide bonds. The number of nitrogens with one attached hydrogen (secondary N) is 1. The van der Waals surface area contributed by atoms with Gasteiger partial charge in [0.25, 0.3) is 0 Å². The third kappa shape index (κ3) is 2.00. The van der Waals surface area contributed by atoms with Crippen molar-refractivity contribution in [3.05, 3.63) is 35.5 Å². The van der Waals surface area contributed by atoms with Crippen molar-refractivity contribution in [2.45, 2.75) is 20.4 Å². The van der Waals surface area contributed by atoms with Crippen LogP contribution in [0.4, 0.5) is 0 Å². The molecule has 2 heterocycles. The van der Waals surface area contributed by atoms with Gasteiger partial charge in [-0.05, 0) is 25.5 Å². The summed E-state index contributed by atoms with van der Waals surface area (Å²) in [5, 5.41) is 1.22. The van der Waals surface area contributed by atoms with Crippen LogP contribution in [0.5, 0.6) is 0 Å². The fourth-order valence-corrected chi connectivity index (χ4v) is 2.80. The zero-order chi connectivity index (χ0) is 14.3. The molecular weight excluding hydrogens is 252 g/mol. The Hall–Kier alpha value is -1.81. The smallest absolute Gasteiger partial charge is 0.233 e. The summed E-state index contributed by atoms with van der Waals surface area (Å²) in [5.41, 5.74) is 3.11. The third-order valence-corrected chi connectivity index (χ3v) is 4.17. The standard InChI is InChI=1S/C16H20N2O2/c1-11-12-6-4-5-7-13(12)17-14(11)8-18(3)15(19)16(2)9-20-10-16/h4-7,17H,8-10H2,1-3H3. The quantitative estimate of drug-likeness (QED) is 0.933. The number of hydrogen-bond acceptors (Lipinski definition) is 2. The van der Waals surface area contributed by atoms with Crippen molar-refractivity contribution in [1.82, 2.24) is 9.88 Å². The van der Waals surface area contributed by atoms with Crippen molar-refractivity contribution in [3.63, 3.8) is 0 Å². The van der Waals surface area contributed by atoms with Gasteiger partial charge in [-0.2, -0.15) is 0 Å². The average molecular weight is 272 g/mol. The molecule has 1 aliphatic rings. The Labute approximate surface area is 118 Å². The van der Waals surface area contributed by atoms with Crippen LogP contribution in [0, 0.1) is 12.3 Å². The van der Waals surface area contributed by atoms with Gasteiger partial charge in [0.15, 0.2) is 0 Å². The van der Waals surface area contributed by atoms with Crippen molar-refractivity contribution >= 4 is 16.8 Å². The molecule has 0 bridgehead atoms. The first-order valence-corrected chi connectivity index (χ1v) is 6.91. The van der Waals surface area contributed by atoms with Crippen molar-refractivity contribution < 1.29 is 9.53 Å². The Morgan fingerprint density at radius 1 is 1.40 bits per heavy atom. The van der Waals surface area contributed by atoms with Gasteiger partial charge in [-0.3, -0.25) is 4.79 Å². The second kappa shape index (κ2) is 4.63. The van der Waals surface area contributed by atoms with E-state index in [4.69, 9.17) is 4.74 Å². The van der Waals surface area contributed by atoms with Crippen LogP contribution in [-0.4, -0.2) is 36.1 Å². The van der Waals surface area contributed by atoms with E-state index in [1.165, 1.54) is 10.9 Å². The number of aryl methyl sites for hydroxylation is 1. The summed E-state index contributed by atoms with van der Waals surface area (Å²) in [6.07, 6.45) is 0. The van der Waals surface area contributed by atoms with E-state index in [2.05, 4.69) is 24.0 Å². The first-order chi connectivity index (χ1) is 9.51. The van der Waals surface area contributed by atoms with Crippen LogP contribution in [0.25, 0.3) is 10.9 Å². The Morgan fingerprint density at radius 3 is 2.70 bits per heavy atom. The fourth-order valence-electron chi connectivity index (χ4n) is 2.80. The molecular formula is C16H20N2O2. The van der Waals surface area contributed by atoms with Gasteiger partial charge in [0.1, 0.15) is 0 Å². The maximum absolute atomic E-state index is 12.4. The van der Waals surface area contributed by atoms with Crippen LogP contribution in [0.2, 0.25) is 0 Å². The number of amides is 1. The summed E-state index contributed by atoms with van der Waals surface area (Å²) in [6, 6.07) is 8.22. The van der Waals surface area contributed by atoms with E-state index in [0.29, 0.717) is 19.8 Å². The monoisotopic (exact) mass is 272 g/mol. The lowest BCUT2D eigenvalue weighted by Gasteiger charge is -2.39. The van der Waals surface area contributed by atoms with Gasteiger partial charge in [0, 0.05) is 23.6 Å². The molecule has 0 aliphatic carbocycles. The predicted molar refractivity (Wildman–Crippen MR) is 78.4 cm³/mol. The molecule has 20 heavy (non-hydrogen) atoms. The lowest BCUT2D eigenvalue weighted by Crippen LogP contribution is -2.52. The van der Waals surface area contributed by atoms with E-state index in [0.717, 1.165) is 11.2 Å². The number of carbonyl (C=O) groups is 1. The number of ether oxygens (including phenoxy) is 1. The molecule has 0 saturated carbocycles. The van der Waals surface area contributed by atoms with Gasteiger partial charge in [0.2, 0.25) is 5.91 Å². The lowest BCUT2D eigenvalue weighted by atomic mass is 9.87. The van der Waals surface area contributed by atoms with E-state index < -0.39 is 0 Å². The van der Waals surface area contributed by atoms with Crippen molar-refractivity contribution in [1.29, 1.82) is 0 Å². The van der Waals surface area contributed by atoms with Crippen molar-refractivity contribution in [2.75, 3.05) is 20.3 Å². The Kier molecular flexibility index (Phi) is 3.05. The number of hydrogen-bond donors (Lipinski definition) is 1. The van der Waals surface area contributed by atoms with Crippen LogP contribution in [0.3, 0.4) is 0 Å². The molecule has 1 fully saturated rings. The van der Waals surface area contributed by atoms with Crippen LogP contribution < -0.4 is 0 Å². The average Bonchev–Trinajstić information content (AvgIpc) is 2.72. The second-order valence-electron chi connectivity index (χ2n) is 5.99. The van der Waals surface area contributed by atoms with Crippen LogP contribution in [0.15, 0.2) is 24.3 Å². The minimum atomic E-state index is -0.339. The van der Waals surface area contributed by atoms with Gasteiger partial charge in [-0.25, -0.2) is 0 Å². The number of carbonyl (C=O) groups excluding carboxylic acids is 1. The zero-order valence-electron chi connectivity index (χ0n) is 12.2. The van der Waals surface area contributed by atoms with E-state index >= 15 is 0 Å². The summed E-state index contributed by atoms with van der Waals surface area (Å²) < 4.78 is 5.18. The molecule has 3 rings (SSSR count). The molecule has 0 radical (unpaired) electrons. The largest absolute Gasteiger partial charge is 0.379 e. The first kappa shape index (κ1) is 13.2. The molecule has 106 valence electrons. The van der Waals surface area contributed by atoms with Crippen LogP contribution in [0.1, 0.15) is 18.2 Å². The minimum absolute atomic E-state index is 0.154. The van der Waals surface area contributed by atoms with Crippen LogP contribution in [-0.2, 0) is 16.1 Å². The highest BCUT2D eigenvalue weighted by Gasteiger charge is 2.42. The minimum Gasteiger partial charge on any atom is -0.379 e. The van der Waals surface area contributed by atoms with Gasteiger partial charge >= 0.3 is 0 Å². The van der Waals surface area contributed by atoms with Gasteiger partial charge < -0.3 is 14.6 Å². The molecule has 4 nitrogen and oxygen atoms in total. The lowest BCUT2D eigenvalue weighted by molar-refractivity contribution is -0.168. The molecule has 0 atom stereocenters. The maximum Gasteiger partial charge on any atom is 0.233 e. The molecule has 1 aromatic carbocycles. The first-order valence-electron chi connectivity index (χ1n) is 6.91. The molecule has 1 N–H and O–H groups in total. The number of nitrogens with zero attached hydrogens (tertiary/aromatic N) is 1. The summed E-state index contributed by atoms with van der Waals surface area (Å²) in [5.74, 6) is 0.154. The number of aromatic nitrogens is 1. The molecule has 1 aromatic heterocycles. The SMILES string of the molecule is Cc1c(CN(C)C(=O)C2(C)COC2)[nH]c2ccccc12. The van der Waals surface area contributed by atoms with E-state index in [9.17, 15) is 4.79 Å². The number of rotatable bonds is 3. The van der Waals surface area contributed by atoms with E-state index in [1.807, 2.05) is 26.1 Å². The number of fused-ring (bicyclic) bond motifs is 1. The predicted octanol–water partition coefficient (Wildman–Crippen LogP) is 2.47. The molecule has 1 aliphatic heterocycles. The third-order valence-electron chi connectivity index (χ3n) is 4.17. The molecule has 4 heteroatoms. The van der Waals surface area contributed by atoms with Crippen molar-refractivity contribution in [3.8, 4) is 0 Å². The summed E-state index contributed by atoms with van der Waals surface area (Å²) in [6.45, 7) is 5.73. The van der Waals surface area contributed by atoms with Gasteiger partial charge in [0.05, 0.1) is 25.2 Å². The highest BCUT2D eigenvalue weighted by atomic mass is 16.5. The van der Waals surface area contributed by atoms with E-state index in [-0.39, 0.29) is 11.3 Å². The summed E-state index contributed by atoms with van der Waals surface area (Å²) in [7, 11) is 1.86. The highest BCUT2D eigenvalue weighted by molar-refractivity contribution is 5.85. The Bertz CT molecular complexity index is 656. The Balaban J connectivity index is 1.82. The van der Waals surface area contributed by atoms with Crippen LogP contribution >= 0.6 is 0 Å². The zero-order valence-corrected chi connectivity index (χ0v) is 12.2. The Morgan fingerprint density at radius 2 is 2.10 bits per heavy atom. The van der Waals surface area contributed by atoms with E-state index in [1.54, 1.807) is 4.90 Å². The second-order valence-corrected chi connectivity index (χ2v) is 5.99. The molecule has 1 saturated heterocycles. The number of para-hydroxylation sites is 1. The topological polar surface area (TPSA) is 45.3 Å². The molecule has 0 unspecified atom stereocenters. The maximum atomic E-state index is 12.4. The number of H-pyrrole nitrogens is 1. The molecule has 2 aromatic rings. The summed E-state index contributed by atoms with van der Waals surface area (Å²) >= 11 is 0. The fraction of sp³-hybridized carbons (Fsp3) is 0.438. The highest BCUT2D eigenvalue weighted by Crippen LogP contribution is 2.30. The van der Waals surface area contributed by atoms with Crippen molar-refractivity contribution in [2.24, 2.45) is 5.41 Å². The molecule has 0 spiro atoms. The number of benzene rings is 1. The normalized spacial score (nSPS) is 16.9. The van der Waals surface area contributed by atoms with Gasteiger partial charge in [-0.15, -0.1) is 0 Å². The number of aromatic amines is 1. The summed E-state index contributed by atoms with van der Waals surface area (Å²) in [4.78, 5) is 17.6. The van der Waals surface area contributed by atoms with Gasteiger partial charge in [-0.1, -0.05) is 18.2 Å².